The zero-order valence-electron chi connectivity index (χ0n) is 16.8. The second kappa shape index (κ2) is 6.67. The monoisotopic (exact) mass is 401 g/mol. The Balaban J connectivity index is 1.30. The van der Waals surface area contributed by atoms with E-state index in [9.17, 15) is 5.11 Å². The Bertz CT molecular complexity index is 1260. The molecule has 1 aromatic carbocycles. The molecule has 7 nitrogen and oxygen atoms in total. The van der Waals surface area contributed by atoms with Gasteiger partial charge in [-0.05, 0) is 49.6 Å². The molecule has 1 aliphatic heterocycles. The van der Waals surface area contributed by atoms with Crippen molar-refractivity contribution >= 4 is 28.0 Å². The smallest absolute Gasteiger partial charge is 0.192 e. The number of aryl methyl sites for hydroxylation is 1. The van der Waals surface area contributed by atoms with E-state index >= 15 is 0 Å². The maximum atomic E-state index is 10.5. The van der Waals surface area contributed by atoms with Crippen LogP contribution in [-0.2, 0) is 0 Å². The number of phenols is 1. The summed E-state index contributed by atoms with van der Waals surface area (Å²) in [6.07, 6.45) is 3.80. The fourth-order valence-corrected chi connectivity index (χ4v) is 4.30. The first-order valence-electron chi connectivity index (χ1n) is 10.5. The molecule has 30 heavy (non-hydrogen) atoms. The van der Waals surface area contributed by atoms with E-state index in [1.165, 1.54) is 12.8 Å². The van der Waals surface area contributed by atoms with Gasteiger partial charge in [0.05, 0.1) is 16.7 Å². The van der Waals surface area contributed by atoms with E-state index in [0.717, 1.165) is 42.4 Å². The molecule has 2 aliphatic rings. The Kier molecular flexibility index (Phi) is 3.92. The molecule has 6 rings (SSSR count). The summed E-state index contributed by atoms with van der Waals surface area (Å²) < 4.78 is 5.61. The van der Waals surface area contributed by atoms with Gasteiger partial charge in [-0.1, -0.05) is 0 Å². The van der Waals surface area contributed by atoms with Crippen LogP contribution >= 0.6 is 0 Å². The van der Waals surface area contributed by atoms with E-state index in [1.807, 2.05) is 24.3 Å². The maximum Gasteiger partial charge on any atom is 0.192 e. The topological polar surface area (TPSA) is 87.3 Å². The number of fused-ring (bicyclic) bond motifs is 2. The number of hydrogen-bond donors (Lipinski definition) is 2. The van der Waals surface area contributed by atoms with Crippen LogP contribution in [0, 0.1) is 6.92 Å². The highest BCUT2D eigenvalue weighted by Crippen LogP contribution is 2.33. The van der Waals surface area contributed by atoms with Crippen LogP contribution < -0.4 is 10.2 Å². The third-order valence-corrected chi connectivity index (χ3v) is 5.98. The average Bonchev–Trinajstić information content (AvgIpc) is 3.30. The Morgan fingerprint density at radius 2 is 1.80 bits per heavy atom. The predicted molar refractivity (Wildman–Crippen MR) is 116 cm³/mol. The quantitative estimate of drug-likeness (QED) is 0.538. The van der Waals surface area contributed by atoms with Crippen molar-refractivity contribution in [1.29, 1.82) is 0 Å². The summed E-state index contributed by atoms with van der Waals surface area (Å²) in [6.45, 7) is 3.82. The van der Waals surface area contributed by atoms with Crippen LogP contribution in [0.5, 0.6) is 5.75 Å². The number of aromatic hydroxyl groups is 1. The summed E-state index contributed by atoms with van der Waals surface area (Å²) >= 11 is 0. The molecule has 1 saturated carbocycles. The van der Waals surface area contributed by atoms with Crippen LogP contribution in [-0.4, -0.2) is 45.2 Å². The molecule has 0 amide bonds. The lowest BCUT2D eigenvalue weighted by Gasteiger charge is -2.18. The fraction of sp³-hybridized carbons (Fsp3) is 0.348. The Labute approximate surface area is 173 Å². The fourth-order valence-electron chi connectivity index (χ4n) is 4.30. The van der Waals surface area contributed by atoms with E-state index in [0.29, 0.717) is 34.3 Å². The van der Waals surface area contributed by atoms with Gasteiger partial charge in [-0.2, -0.15) is 0 Å². The number of anilines is 1. The van der Waals surface area contributed by atoms with E-state index in [-0.39, 0.29) is 5.75 Å². The number of aromatic nitrogens is 3. The van der Waals surface area contributed by atoms with Crippen molar-refractivity contribution in [2.45, 2.75) is 38.3 Å². The average molecular weight is 401 g/mol. The van der Waals surface area contributed by atoms with Crippen molar-refractivity contribution in [2.75, 3.05) is 18.0 Å². The Morgan fingerprint density at radius 1 is 0.967 bits per heavy atom. The second-order valence-electron chi connectivity index (χ2n) is 8.35. The van der Waals surface area contributed by atoms with Gasteiger partial charge in [-0.15, -0.1) is 0 Å². The molecule has 1 atom stereocenters. The van der Waals surface area contributed by atoms with Crippen molar-refractivity contribution < 1.29 is 9.52 Å². The molecule has 2 fully saturated rings. The molecule has 0 radical (unpaired) electrons. The minimum Gasteiger partial charge on any atom is -0.507 e. The molecule has 1 saturated heterocycles. The van der Waals surface area contributed by atoms with E-state index in [1.54, 1.807) is 19.1 Å². The number of hydrogen-bond acceptors (Lipinski definition) is 7. The SMILES string of the molecule is Cc1nc2cc(O)c(-c3ccc4nc(N5CC[C@@H](NC6CC6)C5)ccc4n3)cc2o1. The van der Waals surface area contributed by atoms with Gasteiger partial charge in [0.15, 0.2) is 11.5 Å². The van der Waals surface area contributed by atoms with Gasteiger partial charge >= 0.3 is 0 Å². The number of rotatable bonds is 4. The van der Waals surface area contributed by atoms with Crippen LogP contribution in [0.2, 0.25) is 0 Å². The van der Waals surface area contributed by atoms with Gasteiger partial charge < -0.3 is 19.7 Å². The van der Waals surface area contributed by atoms with Crippen molar-refractivity contribution in [3.63, 3.8) is 0 Å². The number of nitrogens with zero attached hydrogens (tertiary/aromatic N) is 4. The zero-order valence-corrected chi connectivity index (χ0v) is 16.8. The summed E-state index contributed by atoms with van der Waals surface area (Å²) in [5.41, 5.74) is 4.24. The predicted octanol–water partition coefficient (Wildman–Crippen LogP) is 3.78. The van der Waals surface area contributed by atoms with Gasteiger partial charge in [-0.3, -0.25) is 0 Å². The van der Waals surface area contributed by atoms with Gasteiger partial charge in [0.25, 0.3) is 0 Å². The minimum atomic E-state index is 0.138. The van der Waals surface area contributed by atoms with Crippen molar-refractivity contribution in [3.05, 3.63) is 42.3 Å². The number of nitrogens with one attached hydrogen (secondary N) is 1. The van der Waals surface area contributed by atoms with Crippen LogP contribution in [0.25, 0.3) is 33.4 Å². The van der Waals surface area contributed by atoms with Gasteiger partial charge in [0.1, 0.15) is 17.1 Å². The molecule has 0 spiro atoms. The molecule has 4 aromatic rings. The number of benzene rings is 1. The third-order valence-electron chi connectivity index (χ3n) is 5.98. The second-order valence-corrected chi connectivity index (χ2v) is 8.35. The van der Waals surface area contributed by atoms with Gasteiger partial charge in [0.2, 0.25) is 0 Å². The first-order chi connectivity index (χ1) is 14.6. The maximum absolute atomic E-state index is 10.5. The summed E-state index contributed by atoms with van der Waals surface area (Å²) in [5.74, 6) is 1.71. The van der Waals surface area contributed by atoms with Crippen molar-refractivity contribution in [3.8, 4) is 17.0 Å². The molecule has 1 aliphatic carbocycles. The summed E-state index contributed by atoms with van der Waals surface area (Å²) in [6, 6.07) is 12.6. The highest BCUT2D eigenvalue weighted by molar-refractivity contribution is 5.86. The molecule has 0 bridgehead atoms. The minimum absolute atomic E-state index is 0.138. The molecular weight excluding hydrogens is 378 g/mol. The van der Waals surface area contributed by atoms with E-state index in [4.69, 9.17) is 14.4 Å². The lowest BCUT2D eigenvalue weighted by molar-refractivity contribution is 0.477. The molecule has 2 N–H and O–H groups in total. The zero-order chi connectivity index (χ0) is 20.2. The standard InChI is InChI=1S/C23H23N5O2/c1-13-24-20-11-21(29)16(10-22(20)30-13)17-4-5-19-18(26-17)6-7-23(27-19)28-9-8-15(12-28)25-14-2-3-14/h4-7,10-11,14-15,25,29H,2-3,8-9,12H2,1H3/t15-/m1/s1. The van der Waals surface area contributed by atoms with Crippen LogP contribution in [0.15, 0.2) is 40.8 Å². The summed E-state index contributed by atoms with van der Waals surface area (Å²) in [5, 5.41) is 14.2. The Morgan fingerprint density at radius 3 is 2.67 bits per heavy atom. The first kappa shape index (κ1) is 17.7. The van der Waals surface area contributed by atoms with E-state index < -0.39 is 0 Å². The van der Waals surface area contributed by atoms with Crippen LogP contribution in [0.1, 0.15) is 25.2 Å². The largest absolute Gasteiger partial charge is 0.507 e. The third kappa shape index (κ3) is 3.15. The molecule has 3 aromatic heterocycles. The summed E-state index contributed by atoms with van der Waals surface area (Å²) in [4.78, 5) is 16.2. The molecule has 7 heteroatoms. The van der Waals surface area contributed by atoms with E-state index in [2.05, 4.69) is 15.2 Å². The highest BCUT2D eigenvalue weighted by atomic mass is 16.3. The van der Waals surface area contributed by atoms with Crippen LogP contribution in [0.4, 0.5) is 5.82 Å². The highest BCUT2D eigenvalue weighted by Gasteiger charge is 2.29. The lowest BCUT2D eigenvalue weighted by Crippen LogP contribution is -2.34. The molecule has 4 heterocycles. The molecule has 152 valence electrons. The molecule has 0 unspecified atom stereocenters. The lowest BCUT2D eigenvalue weighted by atomic mass is 10.1. The van der Waals surface area contributed by atoms with Crippen molar-refractivity contribution in [2.24, 2.45) is 0 Å². The number of pyridine rings is 2. The van der Waals surface area contributed by atoms with Gasteiger partial charge in [-0.25, -0.2) is 15.0 Å². The summed E-state index contributed by atoms with van der Waals surface area (Å²) in [7, 11) is 0. The van der Waals surface area contributed by atoms with Crippen molar-refractivity contribution in [1.82, 2.24) is 20.3 Å². The normalized spacial score (nSPS) is 19.2. The van der Waals surface area contributed by atoms with Gasteiger partial charge in [0, 0.05) is 43.7 Å². The first-order valence-corrected chi connectivity index (χ1v) is 10.5. The molecular formula is C23H23N5O2. The number of oxazole rings is 1. The Hall–Kier alpha value is -3.19. The van der Waals surface area contributed by atoms with Crippen LogP contribution in [0.3, 0.4) is 0 Å². The number of phenolic OH excluding ortho intramolecular Hbond substituents is 1.